The predicted octanol–water partition coefficient (Wildman–Crippen LogP) is 1.11. The third kappa shape index (κ3) is 3.31. The van der Waals surface area contributed by atoms with Crippen LogP contribution < -0.4 is 5.32 Å². The highest BCUT2D eigenvalue weighted by Crippen LogP contribution is 2.12. The SMILES string of the molecule is O=C(c1cnc(NCc2cnccn2)nc1)N1CCCC1. The molecule has 2 aromatic rings. The van der Waals surface area contributed by atoms with Crippen molar-refractivity contribution in [3.63, 3.8) is 0 Å². The molecular formula is C14H16N6O. The minimum absolute atomic E-state index is 0.00739. The van der Waals surface area contributed by atoms with Crippen molar-refractivity contribution in [2.45, 2.75) is 19.4 Å². The van der Waals surface area contributed by atoms with Crippen LogP contribution in [0.25, 0.3) is 0 Å². The van der Waals surface area contributed by atoms with Crippen molar-refractivity contribution < 1.29 is 4.79 Å². The minimum atomic E-state index is 0.00739. The first-order valence-electron chi connectivity index (χ1n) is 6.93. The van der Waals surface area contributed by atoms with Crippen molar-refractivity contribution in [1.82, 2.24) is 24.8 Å². The quantitative estimate of drug-likeness (QED) is 0.905. The number of nitrogens with zero attached hydrogens (tertiary/aromatic N) is 5. The van der Waals surface area contributed by atoms with E-state index in [9.17, 15) is 4.79 Å². The van der Waals surface area contributed by atoms with Gasteiger partial charge in [0, 0.05) is 37.9 Å². The van der Waals surface area contributed by atoms with Crippen LogP contribution in [0.1, 0.15) is 28.9 Å². The number of rotatable bonds is 4. The van der Waals surface area contributed by atoms with Crippen LogP contribution in [0.2, 0.25) is 0 Å². The molecule has 3 heterocycles. The summed E-state index contributed by atoms with van der Waals surface area (Å²) in [4.78, 5) is 30.5. The van der Waals surface area contributed by atoms with Crippen molar-refractivity contribution in [2.24, 2.45) is 0 Å². The summed E-state index contributed by atoms with van der Waals surface area (Å²) in [6.07, 6.45) is 10.2. The van der Waals surface area contributed by atoms with E-state index in [0.717, 1.165) is 31.6 Å². The monoisotopic (exact) mass is 284 g/mol. The Morgan fingerprint density at radius 1 is 1.10 bits per heavy atom. The molecular weight excluding hydrogens is 268 g/mol. The molecule has 2 aromatic heterocycles. The highest BCUT2D eigenvalue weighted by atomic mass is 16.2. The van der Waals surface area contributed by atoms with E-state index in [0.29, 0.717) is 18.1 Å². The molecule has 1 fully saturated rings. The fourth-order valence-corrected chi connectivity index (χ4v) is 2.22. The molecule has 1 aliphatic rings. The Hall–Kier alpha value is -2.57. The molecule has 0 aliphatic carbocycles. The van der Waals surface area contributed by atoms with Crippen molar-refractivity contribution in [3.8, 4) is 0 Å². The fraction of sp³-hybridized carbons (Fsp3) is 0.357. The van der Waals surface area contributed by atoms with Gasteiger partial charge in [0.05, 0.1) is 24.0 Å². The van der Waals surface area contributed by atoms with Crippen molar-refractivity contribution >= 4 is 11.9 Å². The molecule has 0 spiro atoms. The largest absolute Gasteiger partial charge is 0.349 e. The molecule has 1 N–H and O–H groups in total. The van der Waals surface area contributed by atoms with Crippen LogP contribution in [-0.2, 0) is 6.54 Å². The molecule has 108 valence electrons. The number of aromatic nitrogens is 4. The molecule has 0 aromatic carbocycles. The van der Waals surface area contributed by atoms with E-state index in [1.54, 1.807) is 31.0 Å². The van der Waals surface area contributed by atoms with E-state index in [4.69, 9.17) is 0 Å². The molecule has 3 rings (SSSR count). The zero-order valence-corrected chi connectivity index (χ0v) is 11.6. The van der Waals surface area contributed by atoms with Gasteiger partial charge in [-0.3, -0.25) is 14.8 Å². The number of carbonyl (C=O) groups is 1. The average molecular weight is 284 g/mol. The van der Waals surface area contributed by atoms with Gasteiger partial charge in [-0.2, -0.15) is 0 Å². The Bertz CT molecular complexity index is 595. The minimum Gasteiger partial charge on any atom is -0.349 e. The van der Waals surface area contributed by atoms with Crippen LogP contribution in [0.3, 0.4) is 0 Å². The second-order valence-corrected chi connectivity index (χ2v) is 4.84. The first-order valence-corrected chi connectivity index (χ1v) is 6.93. The van der Waals surface area contributed by atoms with Gasteiger partial charge in [-0.05, 0) is 12.8 Å². The van der Waals surface area contributed by atoms with Crippen molar-refractivity contribution in [2.75, 3.05) is 18.4 Å². The summed E-state index contributed by atoms with van der Waals surface area (Å²) in [5, 5.41) is 3.05. The van der Waals surface area contributed by atoms with E-state index in [1.165, 1.54) is 0 Å². The van der Waals surface area contributed by atoms with E-state index >= 15 is 0 Å². The second-order valence-electron chi connectivity index (χ2n) is 4.84. The zero-order chi connectivity index (χ0) is 14.5. The summed E-state index contributed by atoms with van der Waals surface area (Å²) >= 11 is 0. The lowest BCUT2D eigenvalue weighted by Crippen LogP contribution is -2.27. The normalized spacial score (nSPS) is 14.2. The smallest absolute Gasteiger partial charge is 0.256 e. The molecule has 1 saturated heterocycles. The van der Waals surface area contributed by atoms with Crippen LogP contribution in [0, 0.1) is 0 Å². The van der Waals surface area contributed by atoms with Gasteiger partial charge >= 0.3 is 0 Å². The van der Waals surface area contributed by atoms with Gasteiger partial charge < -0.3 is 10.2 Å². The van der Waals surface area contributed by atoms with Gasteiger partial charge in [0.15, 0.2) is 0 Å². The topological polar surface area (TPSA) is 83.9 Å². The number of amides is 1. The molecule has 0 saturated carbocycles. The van der Waals surface area contributed by atoms with Gasteiger partial charge in [0.25, 0.3) is 5.91 Å². The first kappa shape index (κ1) is 13.4. The molecule has 21 heavy (non-hydrogen) atoms. The lowest BCUT2D eigenvalue weighted by molar-refractivity contribution is 0.0792. The Kier molecular flexibility index (Phi) is 3.99. The Labute approximate surface area is 122 Å². The average Bonchev–Trinajstić information content (AvgIpc) is 3.08. The lowest BCUT2D eigenvalue weighted by Gasteiger charge is -2.14. The van der Waals surface area contributed by atoms with Crippen LogP contribution in [0.4, 0.5) is 5.95 Å². The molecule has 1 aliphatic heterocycles. The molecule has 7 nitrogen and oxygen atoms in total. The Morgan fingerprint density at radius 2 is 1.86 bits per heavy atom. The molecule has 0 bridgehead atoms. The maximum absolute atomic E-state index is 12.1. The molecule has 0 radical (unpaired) electrons. The summed E-state index contributed by atoms with van der Waals surface area (Å²) in [5.74, 6) is 0.478. The van der Waals surface area contributed by atoms with Crippen molar-refractivity contribution in [3.05, 3.63) is 42.2 Å². The maximum atomic E-state index is 12.1. The van der Waals surface area contributed by atoms with Crippen LogP contribution in [0.15, 0.2) is 31.0 Å². The predicted molar refractivity (Wildman–Crippen MR) is 76.5 cm³/mol. The summed E-state index contributed by atoms with van der Waals surface area (Å²) in [7, 11) is 0. The molecule has 0 atom stereocenters. The van der Waals surface area contributed by atoms with Gasteiger partial charge in [-0.15, -0.1) is 0 Å². The maximum Gasteiger partial charge on any atom is 0.256 e. The molecule has 7 heteroatoms. The number of hydrogen-bond donors (Lipinski definition) is 1. The van der Waals surface area contributed by atoms with Gasteiger partial charge in [0.1, 0.15) is 0 Å². The van der Waals surface area contributed by atoms with Crippen LogP contribution in [-0.4, -0.2) is 43.8 Å². The van der Waals surface area contributed by atoms with E-state index in [2.05, 4.69) is 25.3 Å². The number of carbonyl (C=O) groups excluding carboxylic acids is 1. The van der Waals surface area contributed by atoms with Crippen LogP contribution >= 0.6 is 0 Å². The zero-order valence-electron chi connectivity index (χ0n) is 11.6. The third-order valence-electron chi connectivity index (χ3n) is 3.34. The number of likely N-dealkylation sites (tertiary alicyclic amines) is 1. The van der Waals surface area contributed by atoms with E-state index in [1.807, 2.05) is 4.90 Å². The number of anilines is 1. The highest BCUT2D eigenvalue weighted by molar-refractivity contribution is 5.93. The molecule has 1 amide bonds. The standard InChI is InChI=1S/C14H16N6O/c21-13(20-5-1-2-6-20)11-7-17-14(18-8-11)19-10-12-9-15-3-4-16-12/h3-4,7-9H,1-2,5-6,10H2,(H,17,18,19). The second kappa shape index (κ2) is 6.25. The summed E-state index contributed by atoms with van der Waals surface area (Å²) in [5.41, 5.74) is 1.33. The Morgan fingerprint density at radius 3 is 2.52 bits per heavy atom. The van der Waals surface area contributed by atoms with Gasteiger partial charge in [0.2, 0.25) is 5.95 Å². The molecule has 0 unspecified atom stereocenters. The summed E-state index contributed by atoms with van der Waals surface area (Å²) < 4.78 is 0. The number of nitrogens with one attached hydrogen (secondary N) is 1. The number of hydrogen-bond acceptors (Lipinski definition) is 6. The highest BCUT2D eigenvalue weighted by Gasteiger charge is 2.19. The Balaban J connectivity index is 1.60. The third-order valence-corrected chi connectivity index (χ3v) is 3.34. The van der Waals surface area contributed by atoms with E-state index in [-0.39, 0.29) is 5.91 Å². The summed E-state index contributed by atoms with van der Waals surface area (Å²) in [6.45, 7) is 2.14. The first-order chi connectivity index (χ1) is 10.3. The lowest BCUT2D eigenvalue weighted by atomic mass is 10.3. The fourth-order valence-electron chi connectivity index (χ4n) is 2.22. The van der Waals surface area contributed by atoms with Crippen molar-refractivity contribution in [1.29, 1.82) is 0 Å². The van der Waals surface area contributed by atoms with Crippen LogP contribution in [0.5, 0.6) is 0 Å². The van der Waals surface area contributed by atoms with Gasteiger partial charge in [-0.1, -0.05) is 0 Å². The van der Waals surface area contributed by atoms with Gasteiger partial charge in [-0.25, -0.2) is 9.97 Å². The van der Waals surface area contributed by atoms with E-state index < -0.39 is 0 Å². The summed E-state index contributed by atoms with van der Waals surface area (Å²) in [6, 6.07) is 0.